The molecule has 1 amide bonds. The van der Waals surface area contributed by atoms with Gasteiger partial charge in [-0.3, -0.25) is 4.79 Å². The molecule has 1 aromatic heterocycles. The maximum Gasteiger partial charge on any atom is 0.221 e. The molecule has 0 unspecified atom stereocenters. The maximum absolute atomic E-state index is 12.0. The molecule has 0 aliphatic carbocycles. The van der Waals surface area contributed by atoms with Crippen LogP contribution in [-0.4, -0.2) is 36.6 Å². The number of H-pyrrole nitrogens is 1. The van der Waals surface area contributed by atoms with Crippen molar-refractivity contribution in [3.05, 3.63) is 48.5 Å². The maximum atomic E-state index is 12.0. The van der Waals surface area contributed by atoms with E-state index in [4.69, 9.17) is 0 Å². The highest BCUT2D eigenvalue weighted by Crippen LogP contribution is 2.10. The lowest BCUT2D eigenvalue weighted by molar-refractivity contribution is -0.120. The highest BCUT2D eigenvalue weighted by atomic mass is 32.2. The van der Waals surface area contributed by atoms with Crippen molar-refractivity contribution >= 4 is 15.7 Å². The summed E-state index contributed by atoms with van der Waals surface area (Å²) < 4.78 is 24.0. The van der Waals surface area contributed by atoms with Gasteiger partial charge in [0.25, 0.3) is 0 Å². The van der Waals surface area contributed by atoms with Crippen molar-refractivity contribution in [2.75, 3.05) is 12.3 Å². The van der Waals surface area contributed by atoms with Crippen LogP contribution in [0.3, 0.4) is 0 Å². The van der Waals surface area contributed by atoms with Gasteiger partial charge in [-0.15, -0.1) is 0 Å². The Labute approximate surface area is 123 Å². The Balaban J connectivity index is 1.76. The number of hydrogen-bond donors (Lipinski definition) is 2. The third kappa shape index (κ3) is 4.71. The van der Waals surface area contributed by atoms with Crippen LogP contribution in [0.2, 0.25) is 0 Å². The summed E-state index contributed by atoms with van der Waals surface area (Å²) >= 11 is 0. The van der Waals surface area contributed by atoms with E-state index >= 15 is 0 Å². The van der Waals surface area contributed by atoms with Gasteiger partial charge in [-0.25, -0.2) is 13.4 Å². The van der Waals surface area contributed by atoms with E-state index in [1.54, 1.807) is 30.6 Å². The van der Waals surface area contributed by atoms with Gasteiger partial charge in [0.05, 0.1) is 10.6 Å². The molecule has 2 aromatic rings. The second-order valence-corrected chi connectivity index (χ2v) is 6.63. The summed E-state index contributed by atoms with van der Waals surface area (Å²) in [4.78, 5) is 18.9. The molecule has 0 saturated heterocycles. The first-order valence-electron chi connectivity index (χ1n) is 6.61. The van der Waals surface area contributed by atoms with Crippen LogP contribution in [0, 0.1) is 0 Å². The average Bonchev–Trinajstić information content (AvgIpc) is 2.99. The third-order valence-corrected chi connectivity index (χ3v) is 4.67. The molecule has 1 aromatic carbocycles. The molecule has 21 heavy (non-hydrogen) atoms. The quantitative estimate of drug-likeness (QED) is 0.796. The van der Waals surface area contributed by atoms with Gasteiger partial charge in [0.1, 0.15) is 5.82 Å². The Morgan fingerprint density at radius 3 is 2.67 bits per heavy atom. The topological polar surface area (TPSA) is 91.9 Å². The first-order chi connectivity index (χ1) is 10.1. The molecule has 2 N–H and O–H groups in total. The summed E-state index contributed by atoms with van der Waals surface area (Å²) in [6.07, 6.45) is 3.90. The molecule has 6 nitrogen and oxygen atoms in total. The molecule has 1 heterocycles. The highest BCUT2D eigenvalue weighted by molar-refractivity contribution is 7.91. The fourth-order valence-corrected chi connectivity index (χ4v) is 3.08. The minimum Gasteiger partial charge on any atom is -0.356 e. The van der Waals surface area contributed by atoms with E-state index in [1.165, 1.54) is 12.1 Å². The first kappa shape index (κ1) is 15.2. The molecule has 7 heteroatoms. The number of carbonyl (C=O) groups excluding carboxylic acids is 1. The van der Waals surface area contributed by atoms with Gasteiger partial charge in [-0.05, 0) is 12.1 Å². The zero-order chi connectivity index (χ0) is 15.1. The van der Waals surface area contributed by atoms with Gasteiger partial charge in [-0.1, -0.05) is 18.2 Å². The second-order valence-electron chi connectivity index (χ2n) is 4.52. The standard InChI is InChI=1S/C14H17N3O3S/c18-14(17-8-6-13-15-9-10-16-13)7-11-21(19,20)12-4-2-1-3-5-12/h1-5,9-10H,6-8,11H2,(H,15,16)(H,17,18). The number of sulfone groups is 1. The van der Waals surface area contributed by atoms with Crippen molar-refractivity contribution in [2.24, 2.45) is 0 Å². The number of nitrogens with zero attached hydrogens (tertiary/aromatic N) is 1. The van der Waals surface area contributed by atoms with E-state index in [0.29, 0.717) is 13.0 Å². The largest absolute Gasteiger partial charge is 0.356 e. The van der Waals surface area contributed by atoms with Crippen molar-refractivity contribution in [3.8, 4) is 0 Å². The van der Waals surface area contributed by atoms with Crippen LogP contribution in [0.5, 0.6) is 0 Å². The molecule has 0 aliphatic heterocycles. The zero-order valence-electron chi connectivity index (χ0n) is 11.5. The van der Waals surface area contributed by atoms with E-state index in [-0.39, 0.29) is 23.0 Å². The monoisotopic (exact) mass is 307 g/mol. The Bertz CT molecular complexity index is 667. The van der Waals surface area contributed by atoms with Gasteiger partial charge in [-0.2, -0.15) is 0 Å². The number of amides is 1. The van der Waals surface area contributed by atoms with Crippen LogP contribution in [0.15, 0.2) is 47.6 Å². The number of rotatable bonds is 7. The fourth-order valence-electron chi connectivity index (χ4n) is 1.82. The number of aromatic nitrogens is 2. The van der Waals surface area contributed by atoms with E-state index in [2.05, 4.69) is 15.3 Å². The van der Waals surface area contributed by atoms with Crippen molar-refractivity contribution in [1.82, 2.24) is 15.3 Å². The number of benzene rings is 1. The minimum atomic E-state index is -3.40. The van der Waals surface area contributed by atoms with E-state index in [9.17, 15) is 13.2 Å². The zero-order valence-corrected chi connectivity index (χ0v) is 12.3. The van der Waals surface area contributed by atoms with Crippen molar-refractivity contribution in [2.45, 2.75) is 17.7 Å². The van der Waals surface area contributed by atoms with Crippen LogP contribution in [0.4, 0.5) is 0 Å². The summed E-state index contributed by atoms with van der Waals surface area (Å²) in [7, 11) is -3.40. The summed E-state index contributed by atoms with van der Waals surface area (Å²) in [5.74, 6) is 0.317. The minimum absolute atomic E-state index is 0.0462. The number of carbonyl (C=O) groups is 1. The van der Waals surface area contributed by atoms with Crippen molar-refractivity contribution < 1.29 is 13.2 Å². The number of imidazole rings is 1. The third-order valence-electron chi connectivity index (χ3n) is 2.94. The molecular weight excluding hydrogens is 290 g/mol. The molecular formula is C14H17N3O3S. The Morgan fingerprint density at radius 1 is 1.24 bits per heavy atom. The van der Waals surface area contributed by atoms with Crippen molar-refractivity contribution in [3.63, 3.8) is 0 Å². The molecule has 0 spiro atoms. The predicted octanol–water partition coefficient (Wildman–Crippen LogP) is 0.932. The average molecular weight is 307 g/mol. The van der Waals surface area contributed by atoms with Crippen LogP contribution in [0.1, 0.15) is 12.2 Å². The lowest BCUT2D eigenvalue weighted by Gasteiger charge is -2.05. The summed E-state index contributed by atoms with van der Waals surface area (Å²) in [6, 6.07) is 8.14. The SMILES string of the molecule is O=C(CCS(=O)(=O)c1ccccc1)NCCc1ncc[nH]1. The van der Waals surface area contributed by atoms with Crippen molar-refractivity contribution in [1.29, 1.82) is 0 Å². The molecule has 0 fully saturated rings. The molecule has 2 rings (SSSR count). The van der Waals surface area contributed by atoms with Gasteiger partial charge >= 0.3 is 0 Å². The van der Waals surface area contributed by atoms with E-state index < -0.39 is 9.84 Å². The van der Waals surface area contributed by atoms with Crippen LogP contribution >= 0.6 is 0 Å². The highest BCUT2D eigenvalue weighted by Gasteiger charge is 2.15. The Kier molecular flexibility index (Phi) is 5.10. The molecule has 0 aliphatic rings. The lowest BCUT2D eigenvalue weighted by atomic mass is 10.4. The Hall–Kier alpha value is -2.15. The number of hydrogen-bond acceptors (Lipinski definition) is 4. The van der Waals surface area contributed by atoms with Gasteiger partial charge < -0.3 is 10.3 Å². The van der Waals surface area contributed by atoms with Gasteiger partial charge in [0, 0.05) is 31.8 Å². The molecule has 0 saturated carbocycles. The summed E-state index contributed by atoms with van der Waals surface area (Å²) in [6.45, 7) is 0.428. The number of aromatic amines is 1. The van der Waals surface area contributed by atoms with Crippen LogP contribution in [0.25, 0.3) is 0 Å². The molecule has 0 bridgehead atoms. The van der Waals surface area contributed by atoms with E-state index in [1.807, 2.05) is 0 Å². The summed E-state index contributed by atoms with van der Waals surface area (Å²) in [5.41, 5.74) is 0. The second kappa shape index (κ2) is 7.03. The van der Waals surface area contributed by atoms with Crippen LogP contribution < -0.4 is 5.32 Å². The predicted molar refractivity (Wildman–Crippen MR) is 78.4 cm³/mol. The normalized spacial score (nSPS) is 11.2. The van der Waals surface area contributed by atoms with Gasteiger partial charge in [0.2, 0.25) is 5.91 Å². The van der Waals surface area contributed by atoms with E-state index in [0.717, 1.165) is 5.82 Å². The number of nitrogens with one attached hydrogen (secondary N) is 2. The summed E-state index contributed by atoms with van der Waals surface area (Å²) in [5, 5.41) is 2.68. The molecule has 112 valence electrons. The smallest absolute Gasteiger partial charge is 0.221 e. The first-order valence-corrected chi connectivity index (χ1v) is 8.26. The molecule has 0 radical (unpaired) electrons. The lowest BCUT2D eigenvalue weighted by Crippen LogP contribution is -2.27. The Morgan fingerprint density at radius 2 is 2.00 bits per heavy atom. The van der Waals surface area contributed by atoms with Gasteiger partial charge in [0.15, 0.2) is 9.84 Å². The van der Waals surface area contributed by atoms with Crippen LogP contribution in [-0.2, 0) is 21.1 Å². The molecule has 0 atom stereocenters. The fraction of sp³-hybridized carbons (Fsp3) is 0.286.